The lowest BCUT2D eigenvalue weighted by atomic mass is 9.77. The first kappa shape index (κ1) is 12.6. The monoisotopic (exact) mass is 257 g/mol. The molecule has 19 heavy (non-hydrogen) atoms. The molecule has 0 bridgehead atoms. The van der Waals surface area contributed by atoms with Crippen LogP contribution >= 0.6 is 0 Å². The van der Waals surface area contributed by atoms with Gasteiger partial charge in [0.1, 0.15) is 0 Å². The second-order valence-corrected chi connectivity index (χ2v) is 5.96. The fraction of sp³-hybridized carbons (Fsp3) is 0.429. The van der Waals surface area contributed by atoms with E-state index in [2.05, 4.69) is 4.99 Å². The van der Waals surface area contributed by atoms with Crippen LogP contribution in [0.25, 0.3) is 6.08 Å². The van der Waals surface area contributed by atoms with Crippen LogP contribution in [-0.4, -0.2) is 24.2 Å². The summed E-state index contributed by atoms with van der Waals surface area (Å²) in [5, 5.41) is 1.50. The third-order valence-electron chi connectivity index (χ3n) is 4.12. The van der Waals surface area contributed by atoms with Crippen molar-refractivity contribution in [2.45, 2.75) is 38.9 Å². The number of benzene rings is 1. The predicted molar refractivity (Wildman–Crippen MR) is 72.4 cm³/mol. The molecule has 2 heterocycles. The van der Waals surface area contributed by atoms with Gasteiger partial charge in [-0.15, -0.1) is 0 Å². The summed E-state index contributed by atoms with van der Waals surface area (Å²) < 4.78 is 12.0. The van der Waals surface area contributed by atoms with Gasteiger partial charge in [-0.2, -0.15) is 0 Å². The highest BCUT2D eigenvalue weighted by molar-refractivity contribution is 6.62. The molecule has 0 N–H and O–H groups in total. The SMILES string of the molecule is CC1(C)OB(c2cccc3c2=CC(=O)N=3)OC1(C)C. The highest BCUT2D eigenvalue weighted by Gasteiger charge is 2.52. The Morgan fingerprint density at radius 2 is 1.74 bits per heavy atom. The van der Waals surface area contributed by atoms with E-state index < -0.39 is 7.12 Å². The molecule has 4 nitrogen and oxygen atoms in total. The van der Waals surface area contributed by atoms with Crippen molar-refractivity contribution >= 4 is 24.6 Å². The quantitative estimate of drug-likeness (QED) is 0.661. The van der Waals surface area contributed by atoms with Gasteiger partial charge < -0.3 is 9.31 Å². The van der Waals surface area contributed by atoms with Gasteiger partial charge in [0.15, 0.2) is 0 Å². The molecule has 1 aromatic carbocycles. The highest BCUT2D eigenvalue weighted by atomic mass is 16.7. The van der Waals surface area contributed by atoms with Gasteiger partial charge in [0.2, 0.25) is 0 Å². The minimum absolute atomic E-state index is 0.223. The number of fused-ring (bicyclic) bond motifs is 1. The number of carbonyl (C=O) groups excluding carboxylic acids is 1. The highest BCUT2D eigenvalue weighted by Crippen LogP contribution is 2.36. The third kappa shape index (κ3) is 1.85. The third-order valence-corrected chi connectivity index (χ3v) is 4.12. The minimum Gasteiger partial charge on any atom is -0.399 e. The van der Waals surface area contributed by atoms with E-state index in [0.29, 0.717) is 5.36 Å². The zero-order valence-corrected chi connectivity index (χ0v) is 11.6. The van der Waals surface area contributed by atoms with E-state index in [4.69, 9.17) is 9.31 Å². The zero-order chi connectivity index (χ0) is 13.8. The van der Waals surface area contributed by atoms with Crippen LogP contribution < -0.4 is 16.0 Å². The standard InChI is InChI=1S/C14H16BNO3/c1-13(2)14(3,4)19-15(18-13)10-6-5-7-11-9(10)8-12(17)16-11/h5-8H,1-4H3. The molecular formula is C14H16BNO3. The minimum atomic E-state index is -0.461. The number of carbonyl (C=O) groups is 1. The summed E-state index contributed by atoms with van der Waals surface area (Å²) in [4.78, 5) is 15.4. The van der Waals surface area contributed by atoms with Crippen LogP contribution in [0.4, 0.5) is 0 Å². The first-order valence-electron chi connectivity index (χ1n) is 6.39. The Bertz CT molecular complexity index is 662. The lowest BCUT2D eigenvalue weighted by Crippen LogP contribution is -2.48. The summed E-state index contributed by atoms with van der Waals surface area (Å²) in [6.07, 6.45) is 1.54. The number of hydrogen-bond donors (Lipinski definition) is 0. The Balaban J connectivity index is 2.09. The molecule has 0 saturated carbocycles. The molecule has 0 spiro atoms. The molecule has 5 heteroatoms. The van der Waals surface area contributed by atoms with Gasteiger partial charge in [0.25, 0.3) is 5.91 Å². The van der Waals surface area contributed by atoms with Crippen LogP contribution in [0, 0.1) is 0 Å². The summed E-state index contributed by atoms with van der Waals surface area (Å²) in [5.74, 6) is -0.223. The van der Waals surface area contributed by atoms with Crippen molar-refractivity contribution < 1.29 is 14.1 Å². The zero-order valence-electron chi connectivity index (χ0n) is 11.6. The number of hydrogen-bond acceptors (Lipinski definition) is 3. The van der Waals surface area contributed by atoms with Crippen LogP contribution in [0.5, 0.6) is 0 Å². The molecule has 98 valence electrons. The second-order valence-electron chi connectivity index (χ2n) is 5.96. The van der Waals surface area contributed by atoms with E-state index in [9.17, 15) is 4.79 Å². The Labute approximate surface area is 112 Å². The molecule has 1 amide bonds. The topological polar surface area (TPSA) is 47.9 Å². The summed E-state index contributed by atoms with van der Waals surface area (Å²) in [7, 11) is -0.461. The van der Waals surface area contributed by atoms with Crippen molar-refractivity contribution in [3.63, 3.8) is 0 Å². The van der Waals surface area contributed by atoms with E-state index in [1.165, 1.54) is 6.08 Å². The van der Waals surface area contributed by atoms with E-state index in [0.717, 1.165) is 10.7 Å². The van der Waals surface area contributed by atoms with Crippen molar-refractivity contribution in [1.29, 1.82) is 0 Å². The fourth-order valence-corrected chi connectivity index (χ4v) is 2.28. The molecule has 2 aliphatic rings. The van der Waals surface area contributed by atoms with Crippen molar-refractivity contribution in [2.24, 2.45) is 4.99 Å². The van der Waals surface area contributed by atoms with Gasteiger partial charge >= 0.3 is 7.12 Å². The smallest absolute Gasteiger partial charge is 0.399 e. The molecule has 0 atom stereocenters. The Morgan fingerprint density at radius 3 is 2.37 bits per heavy atom. The van der Waals surface area contributed by atoms with Gasteiger partial charge in [-0.25, -0.2) is 4.99 Å². The largest absolute Gasteiger partial charge is 0.495 e. The lowest BCUT2D eigenvalue weighted by Gasteiger charge is -2.32. The predicted octanol–water partition coefficient (Wildman–Crippen LogP) is -0.0739. The van der Waals surface area contributed by atoms with Gasteiger partial charge in [-0.3, -0.25) is 4.79 Å². The molecule has 0 aliphatic carbocycles. The first-order valence-corrected chi connectivity index (χ1v) is 6.39. The van der Waals surface area contributed by atoms with E-state index in [-0.39, 0.29) is 17.1 Å². The van der Waals surface area contributed by atoms with Crippen molar-refractivity contribution in [3.05, 3.63) is 28.8 Å². The van der Waals surface area contributed by atoms with Crippen LogP contribution in [0.15, 0.2) is 23.2 Å². The maximum absolute atomic E-state index is 11.4. The van der Waals surface area contributed by atoms with Gasteiger partial charge in [-0.05, 0) is 39.2 Å². The molecule has 3 rings (SSSR count). The van der Waals surface area contributed by atoms with Gasteiger partial charge in [-0.1, -0.05) is 12.1 Å². The van der Waals surface area contributed by atoms with E-state index in [1.807, 2.05) is 45.9 Å². The Kier molecular flexibility index (Phi) is 2.50. The summed E-state index contributed by atoms with van der Waals surface area (Å²) in [5.41, 5.74) is 0.0890. The maximum Gasteiger partial charge on any atom is 0.495 e. The number of amides is 1. The first-order chi connectivity index (χ1) is 8.80. The van der Waals surface area contributed by atoms with Crippen molar-refractivity contribution in [2.75, 3.05) is 0 Å². The van der Waals surface area contributed by atoms with Crippen LogP contribution in [-0.2, 0) is 14.1 Å². The van der Waals surface area contributed by atoms with E-state index in [1.54, 1.807) is 0 Å². The average Bonchev–Trinajstić information content (AvgIpc) is 2.75. The summed E-state index contributed by atoms with van der Waals surface area (Å²) in [6.45, 7) is 8.04. The van der Waals surface area contributed by atoms with Crippen molar-refractivity contribution in [1.82, 2.24) is 0 Å². The van der Waals surface area contributed by atoms with Crippen LogP contribution in [0.3, 0.4) is 0 Å². The molecule has 2 aliphatic heterocycles. The summed E-state index contributed by atoms with van der Waals surface area (Å²) in [6, 6.07) is 5.62. The molecule has 0 aromatic heterocycles. The molecule has 0 unspecified atom stereocenters. The number of rotatable bonds is 1. The molecule has 1 saturated heterocycles. The molecule has 1 fully saturated rings. The average molecular weight is 257 g/mol. The number of nitrogens with zero attached hydrogens (tertiary/aromatic N) is 1. The molecule has 1 aromatic rings. The van der Waals surface area contributed by atoms with Gasteiger partial charge in [0.05, 0.1) is 16.6 Å². The lowest BCUT2D eigenvalue weighted by molar-refractivity contribution is -0.112. The normalized spacial score (nSPS) is 22.9. The van der Waals surface area contributed by atoms with Gasteiger partial charge in [0, 0.05) is 11.3 Å². The van der Waals surface area contributed by atoms with Crippen molar-refractivity contribution in [3.8, 4) is 0 Å². The van der Waals surface area contributed by atoms with Crippen LogP contribution in [0.2, 0.25) is 0 Å². The molecule has 0 radical (unpaired) electrons. The Hall–Kier alpha value is -1.46. The second kappa shape index (κ2) is 3.77. The van der Waals surface area contributed by atoms with Crippen LogP contribution in [0.1, 0.15) is 27.7 Å². The maximum atomic E-state index is 11.4. The molecular weight excluding hydrogens is 241 g/mol. The fourth-order valence-electron chi connectivity index (χ4n) is 2.28. The summed E-state index contributed by atoms with van der Waals surface area (Å²) >= 11 is 0. The van der Waals surface area contributed by atoms with E-state index >= 15 is 0 Å². The Morgan fingerprint density at radius 1 is 1.11 bits per heavy atom.